The maximum Gasteiger partial charge on any atom is 0.148 e. The van der Waals surface area contributed by atoms with E-state index in [-0.39, 0.29) is 6.04 Å². The summed E-state index contributed by atoms with van der Waals surface area (Å²) in [6.45, 7) is 2.60. The highest BCUT2D eigenvalue weighted by molar-refractivity contribution is 5.76. The predicted molar refractivity (Wildman–Crippen MR) is 107 cm³/mol. The number of nitrogens with zero attached hydrogens (tertiary/aromatic N) is 2. The molecule has 4 nitrogen and oxygen atoms in total. The van der Waals surface area contributed by atoms with Gasteiger partial charge in [-0.15, -0.1) is 0 Å². The highest BCUT2D eigenvalue weighted by Gasteiger charge is 2.17. The van der Waals surface area contributed by atoms with Gasteiger partial charge in [-0.3, -0.25) is 0 Å². The first-order valence-electron chi connectivity index (χ1n) is 9.04. The van der Waals surface area contributed by atoms with Crippen LogP contribution in [0.3, 0.4) is 0 Å². The van der Waals surface area contributed by atoms with Gasteiger partial charge < -0.3 is 14.0 Å². The first-order valence-corrected chi connectivity index (χ1v) is 9.04. The van der Waals surface area contributed by atoms with Crippen molar-refractivity contribution in [3.63, 3.8) is 0 Å². The Hall–Kier alpha value is -3.27. The highest BCUT2D eigenvalue weighted by atomic mass is 16.5. The Morgan fingerprint density at radius 1 is 0.852 bits per heavy atom. The molecule has 0 fully saturated rings. The number of para-hydroxylation sites is 2. The zero-order chi connectivity index (χ0) is 18.6. The van der Waals surface area contributed by atoms with Crippen molar-refractivity contribution >= 4 is 11.0 Å². The van der Waals surface area contributed by atoms with Crippen LogP contribution in [0.25, 0.3) is 11.0 Å². The van der Waals surface area contributed by atoms with Crippen molar-refractivity contribution in [1.82, 2.24) is 9.55 Å². The van der Waals surface area contributed by atoms with Crippen LogP contribution in [0, 0.1) is 0 Å². The standard InChI is InChI=1S/C23H22N2O2/c1-17(18-8-4-3-5-9-18)25-22-11-7-6-10-21(22)24-23(25)16-27-20-14-12-19(26-2)13-15-20/h3-15,17H,16H2,1-2H3/t17-/m1/s1. The zero-order valence-corrected chi connectivity index (χ0v) is 15.5. The summed E-state index contributed by atoms with van der Waals surface area (Å²) in [5, 5.41) is 0. The van der Waals surface area contributed by atoms with Gasteiger partial charge in [0.2, 0.25) is 0 Å². The van der Waals surface area contributed by atoms with E-state index in [1.165, 1.54) is 5.56 Å². The molecular weight excluding hydrogens is 336 g/mol. The summed E-state index contributed by atoms with van der Waals surface area (Å²) in [6, 6.07) is 26.4. The molecule has 0 bridgehead atoms. The van der Waals surface area contributed by atoms with Gasteiger partial charge in [0, 0.05) is 0 Å². The number of imidazole rings is 1. The second-order valence-corrected chi connectivity index (χ2v) is 6.44. The molecule has 0 saturated carbocycles. The number of hydrogen-bond donors (Lipinski definition) is 0. The van der Waals surface area contributed by atoms with Crippen molar-refractivity contribution in [2.24, 2.45) is 0 Å². The van der Waals surface area contributed by atoms with Crippen LogP contribution < -0.4 is 9.47 Å². The molecule has 4 rings (SSSR count). The molecule has 136 valence electrons. The average molecular weight is 358 g/mol. The number of aromatic nitrogens is 2. The van der Waals surface area contributed by atoms with Gasteiger partial charge in [-0.25, -0.2) is 4.98 Å². The van der Waals surface area contributed by atoms with E-state index in [1.54, 1.807) is 7.11 Å². The fourth-order valence-corrected chi connectivity index (χ4v) is 3.33. The van der Waals surface area contributed by atoms with E-state index >= 15 is 0 Å². The van der Waals surface area contributed by atoms with Crippen molar-refractivity contribution in [3.05, 3.63) is 90.3 Å². The van der Waals surface area contributed by atoms with Crippen LogP contribution in [-0.4, -0.2) is 16.7 Å². The Kier molecular flexibility index (Phi) is 4.79. The number of hydrogen-bond acceptors (Lipinski definition) is 3. The minimum absolute atomic E-state index is 0.160. The van der Waals surface area contributed by atoms with E-state index in [4.69, 9.17) is 14.5 Å². The van der Waals surface area contributed by atoms with Gasteiger partial charge >= 0.3 is 0 Å². The Balaban J connectivity index is 1.67. The Labute approximate surface area is 159 Å². The summed E-state index contributed by atoms with van der Waals surface area (Å²) >= 11 is 0. The molecule has 0 aliphatic heterocycles. The smallest absolute Gasteiger partial charge is 0.148 e. The van der Waals surface area contributed by atoms with E-state index in [1.807, 2.05) is 48.5 Å². The maximum absolute atomic E-state index is 6.01. The monoisotopic (exact) mass is 358 g/mol. The highest BCUT2D eigenvalue weighted by Crippen LogP contribution is 2.27. The maximum atomic E-state index is 6.01. The van der Waals surface area contributed by atoms with E-state index in [0.29, 0.717) is 6.61 Å². The van der Waals surface area contributed by atoms with Crippen molar-refractivity contribution in [1.29, 1.82) is 0 Å². The zero-order valence-electron chi connectivity index (χ0n) is 15.5. The molecule has 3 aromatic carbocycles. The van der Waals surface area contributed by atoms with Gasteiger partial charge in [0.05, 0.1) is 24.2 Å². The summed E-state index contributed by atoms with van der Waals surface area (Å²) in [7, 11) is 1.66. The van der Waals surface area contributed by atoms with Crippen LogP contribution in [0.4, 0.5) is 0 Å². The summed E-state index contributed by atoms with van der Waals surface area (Å²) in [6.07, 6.45) is 0. The summed E-state index contributed by atoms with van der Waals surface area (Å²) in [5.41, 5.74) is 3.34. The quantitative estimate of drug-likeness (QED) is 0.473. The van der Waals surface area contributed by atoms with Crippen LogP contribution in [-0.2, 0) is 6.61 Å². The van der Waals surface area contributed by atoms with Gasteiger partial charge in [0.1, 0.15) is 23.9 Å². The number of methoxy groups -OCH3 is 1. The fourth-order valence-electron chi connectivity index (χ4n) is 3.33. The molecule has 0 radical (unpaired) electrons. The molecule has 0 aliphatic rings. The third-order valence-electron chi connectivity index (χ3n) is 4.77. The molecule has 1 atom stereocenters. The molecule has 0 aliphatic carbocycles. The molecule has 4 heteroatoms. The van der Waals surface area contributed by atoms with E-state index in [9.17, 15) is 0 Å². The van der Waals surface area contributed by atoms with Gasteiger partial charge in [-0.2, -0.15) is 0 Å². The topological polar surface area (TPSA) is 36.3 Å². The molecule has 1 aromatic heterocycles. The number of ether oxygens (including phenoxy) is 2. The summed E-state index contributed by atoms with van der Waals surface area (Å²) in [5.74, 6) is 2.51. The van der Waals surface area contributed by atoms with E-state index in [0.717, 1.165) is 28.4 Å². The lowest BCUT2D eigenvalue weighted by atomic mass is 10.1. The van der Waals surface area contributed by atoms with Gasteiger partial charge in [-0.05, 0) is 48.9 Å². The fraction of sp³-hybridized carbons (Fsp3) is 0.174. The minimum Gasteiger partial charge on any atom is -0.497 e. The minimum atomic E-state index is 0.160. The lowest BCUT2D eigenvalue weighted by Crippen LogP contribution is -2.12. The second-order valence-electron chi connectivity index (χ2n) is 6.44. The third-order valence-corrected chi connectivity index (χ3v) is 4.77. The van der Waals surface area contributed by atoms with Crippen LogP contribution in [0.5, 0.6) is 11.5 Å². The van der Waals surface area contributed by atoms with Crippen molar-refractivity contribution in [2.75, 3.05) is 7.11 Å². The van der Waals surface area contributed by atoms with E-state index in [2.05, 4.69) is 41.8 Å². The Morgan fingerprint density at radius 2 is 1.52 bits per heavy atom. The number of fused-ring (bicyclic) bond motifs is 1. The number of rotatable bonds is 6. The van der Waals surface area contributed by atoms with Crippen LogP contribution in [0.2, 0.25) is 0 Å². The molecular formula is C23H22N2O2. The molecule has 0 amide bonds. The first-order chi connectivity index (χ1) is 13.3. The lowest BCUT2D eigenvalue weighted by Gasteiger charge is -2.18. The summed E-state index contributed by atoms with van der Waals surface area (Å²) < 4.78 is 13.5. The average Bonchev–Trinajstić information content (AvgIpc) is 3.11. The molecule has 0 spiro atoms. The van der Waals surface area contributed by atoms with Crippen molar-refractivity contribution < 1.29 is 9.47 Å². The van der Waals surface area contributed by atoms with E-state index < -0.39 is 0 Å². The first kappa shape index (κ1) is 17.2. The van der Waals surface area contributed by atoms with Gasteiger partial charge in [-0.1, -0.05) is 42.5 Å². The predicted octanol–water partition coefficient (Wildman–Crippen LogP) is 5.23. The Bertz CT molecular complexity index is 1020. The third kappa shape index (κ3) is 3.51. The molecule has 4 aromatic rings. The van der Waals surface area contributed by atoms with Crippen molar-refractivity contribution in [3.8, 4) is 11.5 Å². The van der Waals surface area contributed by atoms with Crippen LogP contribution in [0.15, 0.2) is 78.9 Å². The van der Waals surface area contributed by atoms with Crippen LogP contribution in [0.1, 0.15) is 24.4 Å². The van der Waals surface area contributed by atoms with Crippen LogP contribution >= 0.6 is 0 Å². The normalized spacial score (nSPS) is 12.1. The Morgan fingerprint density at radius 3 is 2.26 bits per heavy atom. The largest absolute Gasteiger partial charge is 0.497 e. The summed E-state index contributed by atoms with van der Waals surface area (Å²) in [4.78, 5) is 4.82. The van der Waals surface area contributed by atoms with Gasteiger partial charge in [0.25, 0.3) is 0 Å². The molecule has 0 unspecified atom stereocenters. The second kappa shape index (κ2) is 7.54. The molecule has 1 heterocycles. The molecule has 0 saturated heterocycles. The molecule has 0 N–H and O–H groups in total. The van der Waals surface area contributed by atoms with Crippen molar-refractivity contribution in [2.45, 2.75) is 19.6 Å². The molecule has 27 heavy (non-hydrogen) atoms. The van der Waals surface area contributed by atoms with Gasteiger partial charge in [0.15, 0.2) is 0 Å². The lowest BCUT2D eigenvalue weighted by molar-refractivity contribution is 0.288. The number of benzene rings is 3. The SMILES string of the molecule is COc1ccc(OCc2nc3ccccc3n2[C@H](C)c2ccccc2)cc1.